The van der Waals surface area contributed by atoms with Crippen LogP contribution in [0.3, 0.4) is 0 Å². The van der Waals surface area contributed by atoms with Crippen LogP contribution in [0.15, 0.2) is 0 Å². The summed E-state index contributed by atoms with van der Waals surface area (Å²) in [5.41, 5.74) is -0.734. The molecule has 5 heteroatoms. The zero-order valence-corrected chi connectivity index (χ0v) is 14.9. The van der Waals surface area contributed by atoms with E-state index in [4.69, 9.17) is 0 Å². The van der Waals surface area contributed by atoms with Crippen molar-refractivity contribution in [3.8, 4) is 0 Å². The van der Waals surface area contributed by atoms with Crippen molar-refractivity contribution in [3.63, 3.8) is 0 Å². The standard InChI is InChI=1S/C16H30N2O2S/c1-6-16(5)15(20)18(9-8-10-21-7-2)13(11-12(3)4)14(19)17-16/h12-13H,6-11H2,1-5H3,(H,17,19). The van der Waals surface area contributed by atoms with Crippen LogP contribution in [0.4, 0.5) is 0 Å². The molecule has 1 fully saturated rings. The summed E-state index contributed by atoms with van der Waals surface area (Å²) in [6.07, 6.45) is 2.32. The third kappa shape index (κ3) is 4.63. The third-order valence-corrected chi connectivity index (χ3v) is 5.09. The number of piperazine rings is 1. The maximum absolute atomic E-state index is 12.8. The van der Waals surface area contributed by atoms with Gasteiger partial charge in [0.2, 0.25) is 11.8 Å². The largest absolute Gasteiger partial charge is 0.340 e. The summed E-state index contributed by atoms with van der Waals surface area (Å²) in [5, 5.41) is 2.94. The van der Waals surface area contributed by atoms with Crippen molar-refractivity contribution in [2.45, 2.75) is 65.5 Å². The monoisotopic (exact) mass is 314 g/mol. The van der Waals surface area contributed by atoms with E-state index in [0.717, 1.165) is 24.3 Å². The van der Waals surface area contributed by atoms with Gasteiger partial charge in [0.05, 0.1) is 0 Å². The van der Waals surface area contributed by atoms with Crippen LogP contribution < -0.4 is 5.32 Å². The molecule has 1 heterocycles. The molecule has 0 radical (unpaired) electrons. The zero-order chi connectivity index (χ0) is 16.0. The highest BCUT2D eigenvalue weighted by molar-refractivity contribution is 7.99. The number of rotatable bonds is 8. The lowest BCUT2D eigenvalue weighted by molar-refractivity contribution is -0.155. The van der Waals surface area contributed by atoms with Gasteiger partial charge in [-0.25, -0.2) is 0 Å². The van der Waals surface area contributed by atoms with Gasteiger partial charge in [0.25, 0.3) is 0 Å². The summed E-state index contributed by atoms with van der Waals surface area (Å²) < 4.78 is 0. The number of nitrogens with one attached hydrogen (secondary N) is 1. The molecule has 122 valence electrons. The highest BCUT2D eigenvalue weighted by Gasteiger charge is 2.46. The van der Waals surface area contributed by atoms with Crippen LogP contribution in [0.2, 0.25) is 0 Å². The Kier molecular flexibility index (Phi) is 7.04. The molecule has 1 rings (SSSR count). The molecule has 1 aliphatic heterocycles. The first-order chi connectivity index (χ1) is 9.85. The lowest BCUT2D eigenvalue weighted by atomic mass is 9.89. The van der Waals surface area contributed by atoms with E-state index in [0.29, 0.717) is 18.9 Å². The zero-order valence-electron chi connectivity index (χ0n) is 14.1. The molecule has 0 aromatic rings. The quantitative estimate of drug-likeness (QED) is 0.701. The van der Waals surface area contributed by atoms with Crippen molar-refractivity contribution in [1.29, 1.82) is 0 Å². The van der Waals surface area contributed by atoms with Crippen molar-refractivity contribution < 1.29 is 9.59 Å². The van der Waals surface area contributed by atoms with Crippen molar-refractivity contribution >= 4 is 23.6 Å². The van der Waals surface area contributed by atoms with Crippen molar-refractivity contribution in [3.05, 3.63) is 0 Å². The first-order valence-corrected chi connectivity index (χ1v) is 9.22. The Morgan fingerprint density at radius 2 is 2.00 bits per heavy atom. The van der Waals surface area contributed by atoms with Gasteiger partial charge < -0.3 is 10.2 Å². The Labute approximate surface area is 133 Å². The number of carbonyl (C=O) groups is 2. The summed E-state index contributed by atoms with van der Waals surface area (Å²) in [5.74, 6) is 2.62. The molecule has 2 unspecified atom stereocenters. The molecule has 0 bridgehead atoms. The molecule has 0 aromatic carbocycles. The lowest BCUT2D eigenvalue weighted by Gasteiger charge is -2.44. The van der Waals surface area contributed by atoms with E-state index in [1.807, 2.05) is 30.5 Å². The summed E-state index contributed by atoms with van der Waals surface area (Å²) in [6, 6.07) is -0.302. The average Bonchev–Trinajstić information content (AvgIpc) is 2.43. The van der Waals surface area contributed by atoms with Crippen LogP contribution >= 0.6 is 11.8 Å². The van der Waals surface area contributed by atoms with E-state index >= 15 is 0 Å². The van der Waals surface area contributed by atoms with Gasteiger partial charge in [-0.1, -0.05) is 27.7 Å². The molecular formula is C16H30N2O2S. The van der Waals surface area contributed by atoms with E-state index in [1.165, 1.54) is 0 Å². The maximum atomic E-state index is 12.8. The minimum absolute atomic E-state index is 0.00999. The van der Waals surface area contributed by atoms with Crippen molar-refractivity contribution in [2.24, 2.45) is 5.92 Å². The number of thioether (sulfide) groups is 1. The molecule has 2 amide bonds. The van der Waals surface area contributed by atoms with Gasteiger partial charge in [-0.2, -0.15) is 11.8 Å². The summed E-state index contributed by atoms with van der Waals surface area (Å²) in [6.45, 7) is 10.8. The molecule has 4 nitrogen and oxygen atoms in total. The summed E-state index contributed by atoms with van der Waals surface area (Å²) >= 11 is 1.88. The maximum Gasteiger partial charge on any atom is 0.248 e. The van der Waals surface area contributed by atoms with Gasteiger partial charge in [0, 0.05) is 6.54 Å². The highest BCUT2D eigenvalue weighted by Crippen LogP contribution is 2.25. The molecule has 1 aliphatic rings. The van der Waals surface area contributed by atoms with Crippen LogP contribution in [0.5, 0.6) is 0 Å². The van der Waals surface area contributed by atoms with Crippen molar-refractivity contribution in [2.75, 3.05) is 18.1 Å². The molecule has 0 spiro atoms. The Balaban J connectivity index is 2.84. The van der Waals surface area contributed by atoms with Gasteiger partial charge in [0.15, 0.2) is 0 Å². The molecular weight excluding hydrogens is 284 g/mol. The fourth-order valence-electron chi connectivity index (χ4n) is 2.67. The summed E-state index contributed by atoms with van der Waals surface area (Å²) in [4.78, 5) is 27.1. The van der Waals surface area contributed by atoms with E-state index < -0.39 is 5.54 Å². The Morgan fingerprint density at radius 1 is 1.33 bits per heavy atom. The van der Waals surface area contributed by atoms with Crippen LogP contribution in [-0.4, -0.2) is 46.3 Å². The highest BCUT2D eigenvalue weighted by atomic mass is 32.2. The Morgan fingerprint density at radius 3 is 2.52 bits per heavy atom. The SMILES string of the molecule is CCSCCCN1C(=O)C(C)(CC)NC(=O)C1CC(C)C. The number of amides is 2. The minimum atomic E-state index is -0.734. The predicted molar refractivity (Wildman–Crippen MR) is 89.4 cm³/mol. The second kappa shape index (κ2) is 8.06. The summed E-state index contributed by atoms with van der Waals surface area (Å²) in [7, 11) is 0. The van der Waals surface area contributed by atoms with Crippen LogP contribution in [-0.2, 0) is 9.59 Å². The molecule has 0 saturated carbocycles. The number of nitrogens with zero attached hydrogens (tertiary/aromatic N) is 1. The van der Waals surface area contributed by atoms with E-state index in [2.05, 4.69) is 26.1 Å². The van der Waals surface area contributed by atoms with E-state index in [1.54, 1.807) is 0 Å². The Hall–Kier alpha value is -0.710. The molecule has 0 aromatic heterocycles. The molecule has 1 saturated heterocycles. The van der Waals surface area contributed by atoms with Gasteiger partial charge in [-0.15, -0.1) is 0 Å². The molecule has 1 N–H and O–H groups in total. The minimum Gasteiger partial charge on any atom is -0.340 e. The van der Waals surface area contributed by atoms with Crippen LogP contribution in [0.1, 0.15) is 53.9 Å². The van der Waals surface area contributed by atoms with Crippen LogP contribution in [0, 0.1) is 5.92 Å². The topological polar surface area (TPSA) is 49.4 Å². The lowest BCUT2D eigenvalue weighted by Crippen LogP contribution is -2.69. The number of hydrogen-bond acceptors (Lipinski definition) is 3. The fourth-order valence-corrected chi connectivity index (χ4v) is 3.29. The van der Waals surface area contributed by atoms with Gasteiger partial charge in [0.1, 0.15) is 11.6 Å². The predicted octanol–water partition coefficient (Wildman–Crippen LogP) is 2.67. The third-order valence-electron chi connectivity index (χ3n) is 4.10. The smallest absolute Gasteiger partial charge is 0.248 e. The normalized spacial score (nSPS) is 26.4. The van der Waals surface area contributed by atoms with E-state index in [9.17, 15) is 9.59 Å². The van der Waals surface area contributed by atoms with Gasteiger partial charge in [-0.3, -0.25) is 9.59 Å². The molecule has 0 aliphatic carbocycles. The molecule has 21 heavy (non-hydrogen) atoms. The Bertz CT molecular complexity index is 373. The van der Waals surface area contributed by atoms with Gasteiger partial charge in [-0.05, 0) is 43.6 Å². The average molecular weight is 314 g/mol. The van der Waals surface area contributed by atoms with Crippen LogP contribution in [0.25, 0.3) is 0 Å². The van der Waals surface area contributed by atoms with Gasteiger partial charge >= 0.3 is 0 Å². The number of carbonyl (C=O) groups excluding carboxylic acids is 2. The van der Waals surface area contributed by atoms with E-state index in [-0.39, 0.29) is 17.9 Å². The fraction of sp³-hybridized carbons (Fsp3) is 0.875. The number of hydrogen-bond donors (Lipinski definition) is 1. The first kappa shape index (κ1) is 18.3. The second-order valence-corrected chi connectivity index (χ2v) is 7.76. The second-order valence-electron chi connectivity index (χ2n) is 6.37. The molecule has 2 atom stereocenters. The first-order valence-electron chi connectivity index (χ1n) is 8.06. The van der Waals surface area contributed by atoms with Crippen molar-refractivity contribution in [1.82, 2.24) is 10.2 Å².